The van der Waals surface area contributed by atoms with E-state index in [4.69, 9.17) is 9.26 Å². The Balaban J connectivity index is 2.88. The molecule has 1 unspecified atom stereocenters. The van der Waals surface area contributed by atoms with Crippen molar-refractivity contribution in [1.82, 2.24) is 4.67 Å². The molecule has 1 aromatic rings. The van der Waals surface area contributed by atoms with E-state index in [1.807, 2.05) is 32.0 Å². The van der Waals surface area contributed by atoms with Crippen LogP contribution in [0, 0.1) is 6.92 Å². The molecule has 0 amide bonds. The summed E-state index contributed by atoms with van der Waals surface area (Å²) < 4.78 is 25.1. The molecule has 7 heteroatoms. The zero-order valence-corrected chi connectivity index (χ0v) is 15.6. The van der Waals surface area contributed by atoms with E-state index in [-0.39, 0.29) is 0 Å². The molecular weight excluding hydrogens is 319 g/mol. The lowest BCUT2D eigenvalue weighted by atomic mass is 10.2. The molecule has 0 fully saturated rings. The van der Waals surface area contributed by atoms with Crippen molar-refractivity contribution in [2.75, 3.05) is 26.5 Å². The number of aryl methyl sites for hydroxylation is 1. The lowest BCUT2D eigenvalue weighted by Gasteiger charge is -2.24. The Hall–Kier alpha value is -0.970. The van der Waals surface area contributed by atoms with Crippen molar-refractivity contribution >= 4 is 30.1 Å². The molecule has 0 radical (unpaired) electrons. The van der Waals surface area contributed by atoms with Crippen LogP contribution in [0.25, 0.3) is 0 Å². The average molecular weight is 344 g/mol. The maximum atomic E-state index is 12.8. The zero-order chi connectivity index (χ0) is 16.6. The predicted molar refractivity (Wildman–Crippen MR) is 95.6 cm³/mol. The van der Waals surface area contributed by atoms with Gasteiger partial charge in [-0.25, -0.2) is 4.99 Å². The van der Waals surface area contributed by atoms with Gasteiger partial charge in [0, 0.05) is 12.8 Å². The molecular formula is C15H25N2O3PS. The van der Waals surface area contributed by atoms with E-state index in [0.29, 0.717) is 6.61 Å². The van der Waals surface area contributed by atoms with Crippen molar-refractivity contribution < 1.29 is 13.8 Å². The maximum Gasteiger partial charge on any atom is 0.354 e. The van der Waals surface area contributed by atoms with Gasteiger partial charge >= 0.3 is 6.72 Å². The van der Waals surface area contributed by atoms with Crippen LogP contribution in [0.5, 0.6) is 5.75 Å². The van der Waals surface area contributed by atoms with Gasteiger partial charge in [0.05, 0.1) is 25.7 Å². The summed E-state index contributed by atoms with van der Waals surface area (Å²) in [6.07, 6.45) is 2.53. The lowest BCUT2D eigenvalue weighted by Crippen LogP contribution is -2.13. The van der Waals surface area contributed by atoms with Crippen LogP contribution in [-0.4, -0.2) is 37.5 Å². The highest BCUT2D eigenvalue weighted by molar-refractivity contribution is 8.55. The summed E-state index contributed by atoms with van der Waals surface area (Å²) in [5, 5.41) is 0. The second-order valence-electron chi connectivity index (χ2n) is 4.69. The quantitative estimate of drug-likeness (QED) is 0.363. The Morgan fingerprint density at radius 1 is 1.41 bits per heavy atom. The third-order valence-electron chi connectivity index (χ3n) is 2.91. The molecule has 0 heterocycles. The molecule has 0 spiro atoms. The van der Waals surface area contributed by atoms with Gasteiger partial charge in [0.2, 0.25) is 0 Å². The molecule has 0 saturated carbocycles. The Morgan fingerprint density at radius 2 is 2.14 bits per heavy atom. The standard InChI is InChI=1S/C15H25N2O3PS/c1-6-10-22-21(18,20-7-2)17(4)12-16-15-9-8-14(19-5)11-13(15)3/h8-9,11-12H,6-7,10H2,1-5H3. The Morgan fingerprint density at radius 3 is 2.68 bits per heavy atom. The van der Waals surface area contributed by atoms with Crippen LogP contribution >= 0.6 is 18.1 Å². The van der Waals surface area contributed by atoms with E-state index < -0.39 is 6.72 Å². The Bertz CT molecular complexity index is 552. The minimum Gasteiger partial charge on any atom is -0.497 e. The number of rotatable bonds is 9. The Labute approximate surface area is 137 Å². The fraction of sp³-hybridized carbons (Fsp3) is 0.533. The monoisotopic (exact) mass is 344 g/mol. The van der Waals surface area contributed by atoms with Crippen LogP contribution in [0.15, 0.2) is 23.2 Å². The number of benzene rings is 1. The normalized spacial score (nSPS) is 14.0. The van der Waals surface area contributed by atoms with Crippen molar-refractivity contribution in [2.45, 2.75) is 27.2 Å². The minimum absolute atomic E-state index is 0.410. The molecule has 5 nitrogen and oxygen atoms in total. The zero-order valence-electron chi connectivity index (χ0n) is 13.9. The number of methoxy groups -OCH3 is 1. The number of nitrogens with zero attached hydrogens (tertiary/aromatic N) is 2. The molecule has 1 aromatic carbocycles. The van der Waals surface area contributed by atoms with E-state index in [1.165, 1.54) is 11.4 Å². The van der Waals surface area contributed by atoms with Crippen molar-refractivity contribution in [3.8, 4) is 5.75 Å². The number of hydrogen-bond donors (Lipinski definition) is 0. The molecule has 124 valence electrons. The van der Waals surface area contributed by atoms with E-state index in [2.05, 4.69) is 11.9 Å². The van der Waals surface area contributed by atoms with Gasteiger partial charge in [0.15, 0.2) is 0 Å². The summed E-state index contributed by atoms with van der Waals surface area (Å²) in [7, 11) is 3.37. The first-order valence-corrected chi connectivity index (χ1v) is 10.4. The van der Waals surface area contributed by atoms with Gasteiger partial charge < -0.3 is 9.26 Å². The highest BCUT2D eigenvalue weighted by atomic mass is 32.7. The highest BCUT2D eigenvalue weighted by Crippen LogP contribution is 2.61. The van der Waals surface area contributed by atoms with Gasteiger partial charge in [-0.05, 0) is 55.4 Å². The van der Waals surface area contributed by atoms with Crippen LogP contribution < -0.4 is 4.74 Å². The molecule has 0 aromatic heterocycles. The fourth-order valence-corrected chi connectivity index (χ4v) is 5.51. The summed E-state index contributed by atoms with van der Waals surface area (Å²) in [6, 6.07) is 5.65. The van der Waals surface area contributed by atoms with Gasteiger partial charge in [-0.1, -0.05) is 6.92 Å². The molecule has 0 saturated heterocycles. The second-order valence-corrected chi connectivity index (χ2v) is 9.34. The first-order chi connectivity index (χ1) is 10.5. The summed E-state index contributed by atoms with van der Waals surface area (Å²) in [5.41, 5.74) is 1.81. The van der Waals surface area contributed by atoms with E-state index in [1.54, 1.807) is 25.2 Å². The van der Waals surface area contributed by atoms with Crippen LogP contribution in [0.4, 0.5) is 5.69 Å². The van der Waals surface area contributed by atoms with Gasteiger partial charge in [0.1, 0.15) is 5.75 Å². The first-order valence-electron chi connectivity index (χ1n) is 7.28. The van der Waals surface area contributed by atoms with Gasteiger partial charge in [-0.3, -0.25) is 9.24 Å². The average Bonchev–Trinajstić information content (AvgIpc) is 2.51. The molecule has 1 rings (SSSR count). The lowest BCUT2D eigenvalue weighted by molar-refractivity contribution is 0.324. The predicted octanol–water partition coefficient (Wildman–Crippen LogP) is 4.88. The second kappa shape index (κ2) is 9.23. The van der Waals surface area contributed by atoms with Crippen LogP contribution in [0.3, 0.4) is 0 Å². The van der Waals surface area contributed by atoms with E-state index >= 15 is 0 Å². The number of aliphatic imine (C=N–C) groups is 1. The summed E-state index contributed by atoms with van der Waals surface area (Å²) in [5.74, 6) is 1.58. The summed E-state index contributed by atoms with van der Waals surface area (Å²) in [4.78, 5) is 4.42. The van der Waals surface area contributed by atoms with Crippen molar-refractivity contribution in [1.29, 1.82) is 0 Å². The first kappa shape index (κ1) is 19.1. The van der Waals surface area contributed by atoms with Crippen molar-refractivity contribution in [2.24, 2.45) is 4.99 Å². The smallest absolute Gasteiger partial charge is 0.354 e. The highest BCUT2D eigenvalue weighted by Gasteiger charge is 2.27. The third kappa shape index (κ3) is 5.34. The molecule has 0 N–H and O–H groups in total. The molecule has 0 bridgehead atoms. The molecule has 0 aliphatic heterocycles. The fourth-order valence-electron chi connectivity index (χ4n) is 1.70. The molecule has 22 heavy (non-hydrogen) atoms. The number of hydrogen-bond acceptors (Lipinski definition) is 5. The van der Waals surface area contributed by atoms with Crippen LogP contribution in [-0.2, 0) is 9.09 Å². The van der Waals surface area contributed by atoms with Crippen LogP contribution in [0.2, 0.25) is 0 Å². The number of ether oxygens (including phenoxy) is 1. The minimum atomic E-state index is -2.92. The molecule has 1 atom stereocenters. The van der Waals surface area contributed by atoms with Crippen molar-refractivity contribution in [3.63, 3.8) is 0 Å². The van der Waals surface area contributed by atoms with Gasteiger partial charge in [-0.15, -0.1) is 0 Å². The van der Waals surface area contributed by atoms with Gasteiger partial charge in [-0.2, -0.15) is 0 Å². The topological polar surface area (TPSA) is 51.1 Å². The largest absolute Gasteiger partial charge is 0.497 e. The van der Waals surface area contributed by atoms with E-state index in [9.17, 15) is 4.57 Å². The molecule has 0 aliphatic rings. The summed E-state index contributed by atoms with van der Waals surface area (Å²) >= 11 is 1.35. The molecule has 0 aliphatic carbocycles. The maximum absolute atomic E-state index is 12.8. The third-order valence-corrected chi connectivity index (χ3v) is 7.90. The van der Waals surface area contributed by atoms with Gasteiger partial charge in [0.25, 0.3) is 0 Å². The van der Waals surface area contributed by atoms with Crippen molar-refractivity contribution in [3.05, 3.63) is 23.8 Å². The Kier molecular flexibility index (Phi) is 8.01. The SMILES string of the molecule is CCCSP(=O)(OCC)N(C)C=Nc1ccc(OC)cc1C. The van der Waals surface area contributed by atoms with Crippen LogP contribution in [0.1, 0.15) is 25.8 Å². The van der Waals surface area contributed by atoms with E-state index in [0.717, 1.165) is 29.2 Å². The summed E-state index contributed by atoms with van der Waals surface area (Å²) in [6.45, 7) is 3.35.